The van der Waals surface area contributed by atoms with Gasteiger partial charge >= 0.3 is 0 Å². The first kappa shape index (κ1) is 26.5. The van der Waals surface area contributed by atoms with Gasteiger partial charge in [0.25, 0.3) is 0 Å². The van der Waals surface area contributed by atoms with Crippen molar-refractivity contribution in [3.8, 4) is 11.5 Å². The number of ether oxygens (including phenoxy) is 2. The Bertz CT molecular complexity index is 1470. The maximum atomic E-state index is 13.3. The van der Waals surface area contributed by atoms with Crippen molar-refractivity contribution in [3.63, 3.8) is 0 Å². The Kier molecular flexibility index (Phi) is 7.67. The minimum atomic E-state index is -0.658. The van der Waals surface area contributed by atoms with Crippen LogP contribution in [-0.4, -0.2) is 49.6 Å². The smallest absolute Gasteiger partial charge is 0.238 e. The van der Waals surface area contributed by atoms with Gasteiger partial charge in [-0.05, 0) is 87.2 Å². The summed E-state index contributed by atoms with van der Waals surface area (Å²) in [6, 6.07) is 18.3. The summed E-state index contributed by atoms with van der Waals surface area (Å²) >= 11 is 6.19. The number of rotatable bonds is 8. The number of fused-ring (bicyclic) bond motifs is 2. The lowest BCUT2D eigenvalue weighted by atomic mass is 9.90. The first-order chi connectivity index (χ1) is 18.8. The first-order valence-corrected chi connectivity index (χ1v) is 13.0. The van der Waals surface area contributed by atoms with Gasteiger partial charge in [-0.1, -0.05) is 17.7 Å². The highest BCUT2D eigenvalue weighted by Gasteiger charge is 2.36. The molecule has 2 amide bonds. The molecule has 0 aliphatic carbocycles. The Morgan fingerprint density at radius 3 is 2.44 bits per heavy atom. The minimum absolute atomic E-state index is 0.0195. The molecule has 9 heteroatoms. The van der Waals surface area contributed by atoms with E-state index in [4.69, 9.17) is 26.1 Å². The largest absolute Gasteiger partial charge is 0.458 e. The molecule has 0 aromatic heterocycles. The van der Waals surface area contributed by atoms with Gasteiger partial charge in [-0.15, -0.1) is 0 Å². The molecule has 3 aromatic carbocycles. The second-order valence-corrected chi connectivity index (χ2v) is 10.1. The zero-order chi connectivity index (χ0) is 27.5. The second kappa shape index (κ2) is 11.3. The van der Waals surface area contributed by atoms with Gasteiger partial charge in [0.05, 0.1) is 11.4 Å². The van der Waals surface area contributed by atoms with Gasteiger partial charge in [-0.25, -0.2) is 0 Å². The van der Waals surface area contributed by atoms with Crippen LogP contribution in [0, 0.1) is 0 Å². The third-order valence-corrected chi connectivity index (χ3v) is 6.82. The van der Waals surface area contributed by atoms with Gasteiger partial charge in [0.15, 0.2) is 11.5 Å². The number of anilines is 2. The minimum Gasteiger partial charge on any atom is -0.458 e. The Morgan fingerprint density at radius 1 is 0.974 bits per heavy atom. The SMILES string of the molecule is CC(=O)N(CCCN(C)C)c1ccc(N=C(c2ccc3c(c2)OC=CO3)C2C(=O)Nc3cc(Cl)ccc32)cc1. The normalized spacial score (nSPS) is 15.8. The van der Waals surface area contributed by atoms with Crippen molar-refractivity contribution >= 4 is 46.2 Å². The summed E-state index contributed by atoms with van der Waals surface area (Å²) in [6.45, 7) is 3.07. The molecule has 0 radical (unpaired) electrons. The molecule has 1 unspecified atom stereocenters. The van der Waals surface area contributed by atoms with E-state index in [1.165, 1.54) is 12.5 Å². The fourth-order valence-corrected chi connectivity index (χ4v) is 4.89. The zero-order valence-electron chi connectivity index (χ0n) is 22.0. The average molecular weight is 545 g/mol. The highest BCUT2D eigenvalue weighted by Crippen LogP contribution is 2.40. The van der Waals surface area contributed by atoms with Crippen LogP contribution in [0.1, 0.15) is 30.4 Å². The van der Waals surface area contributed by atoms with Crippen LogP contribution in [0.3, 0.4) is 0 Å². The van der Waals surface area contributed by atoms with Crippen molar-refractivity contribution in [2.45, 2.75) is 19.3 Å². The lowest BCUT2D eigenvalue weighted by Gasteiger charge is -2.22. The van der Waals surface area contributed by atoms with Gasteiger partial charge < -0.3 is 24.6 Å². The van der Waals surface area contributed by atoms with Crippen LogP contribution < -0.4 is 19.7 Å². The average Bonchev–Trinajstić information content (AvgIpc) is 3.24. The van der Waals surface area contributed by atoms with Crippen molar-refractivity contribution in [3.05, 3.63) is 89.3 Å². The molecule has 0 saturated heterocycles. The van der Waals surface area contributed by atoms with Gasteiger partial charge in [0, 0.05) is 35.4 Å². The molecule has 1 N–H and O–H groups in total. The molecule has 1 atom stereocenters. The Hall–Kier alpha value is -4.14. The number of benzene rings is 3. The number of nitrogens with one attached hydrogen (secondary N) is 1. The molecule has 0 spiro atoms. The number of carbonyl (C=O) groups is 2. The number of carbonyl (C=O) groups excluding carboxylic acids is 2. The number of hydrogen-bond acceptors (Lipinski definition) is 6. The van der Waals surface area contributed by atoms with E-state index in [2.05, 4.69) is 10.2 Å². The zero-order valence-corrected chi connectivity index (χ0v) is 22.7. The van der Waals surface area contributed by atoms with E-state index in [1.54, 1.807) is 30.0 Å². The van der Waals surface area contributed by atoms with Gasteiger partial charge in [0.2, 0.25) is 11.8 Å². The quantitative estimate of drug-likeness (QED) is 0.365. The maximum Gasteiger partial charge on any atom is 0.238 e. The lowest BCUT2D eigenvalue weighted by Crippen LogP contribution is -2.31. The van der Waals surface area contributed by atoms with Crippen molar-refractivity contribution in [1.29, 1.82) is 0 Å². The Labute approximate surface area is 232 Å². The fraction of sp³-hybridized carbons (Fsp3) is 0.233. The van der Waals surface area contributed by atoms with E-state index >= 15 is 0 Å². The van der Waals surface area contributed by atoms with Crippen molar-refractivity contribution < 1.29 is 19.1 Å². The molecule has 0 bridgehead atoms. The molecular weight excluding hydrogens is 516 g/mol. The molecule has 3 aromatic rings. The van der Waals surface area contributed by atoms with Gasteiger partial charge in [0.1, 0.15) is 18.4 Å². The number of aliphatic imine (C=N–C) groups is 1. The fourth-order valence-electron chi connectivity index (χ4n) is 4.72. The molecule has 8 nitrogen and oxygen atoms in total. The van der Waals surface area contributed by atoms with E-state index in [-0.39, 0.29) is 11.8 Å². The van der Waals surface area contributed by atoms with Crippen LogP contribution in [0.15, 0.2) is 78.2 Å². The predicted molar refractivity (Wildman–Crippen MR) is 153 cm³/mol. The topological polar surface area (TPSA) is 83.5 Å². The van der Waals surface area contributed by atoms with Crippen LogP contribution in [0.25, 0.3) is 0 Å². The van der Waals surface area contributed by atoms with Crippen LogP contribution in [0.2, 0.25) is 5.02 Å². The highest BCUT2D eigenvalue weighted by atomic mass is 35.5. The lowest BCUT2D eigenvalue weighted by molar-refractivity contribution is -0.117. The van der Waals surface area contributed by atoms with E-state index in [9.17, 15) is 9.59 Å². The van der Waals surface area contributed by atoms with Crippen molar-refractivity contribution in [2.24, 2.45) is 4.99 Å². The maximum absolute atomic E-state index is 13.3. The van der Waals surface area contributed by atoms with Gasteiger partial charge in [-0.3, -0.25) is 14.6 Å². The summed E-state index contributed by atoms with van der Waals surface area (Å²) in [4.78, 5) is 34.4. The summed E-state index contributed by atoms with van der Waals surface area (Å²) in [5.41, 5.74) is 4.17. The van der Waals surface area contributed by atoms with E-state index < -0.39 is 5.92 Å². The third kappa shape index (κ3) is 5.82. The molecule has 5 rings (SSSR count). The van der Waals surface area contributed by atoms with Crippen LogP contribution in [0.4, 0.5) is 17.1 Å². The number of nitrogens with zero attached hydrogens (tertiary/aromatic N) is 3. The number of hydrogen-bond donors (Lipinski definition) is 1. The third-order valence-electron chi connectivity index (χ3n) is 6.58. The number of amides is 2. The molecule has 2 heterocycles. The summed E-state index contributed by atoms with van der Waals surface area (Å²) in [5, 5.41) is 3.47. The molecular formula is C30H29ClN4O4. The molecule has 200 valence electrons. The van der Waals surface area contributed by atoms with Crippen LogP contribution in [0.5, 0.6) is 11.5 Å². The summed E-state index contributed by atoms with van der Waals surface area (Å²) < 4.78 is 11.1. The Balaban J connectivity index is 1.52. The molecule has 2 aliphatic heterocycles. The molecule has 0 fully saturated rings. The summed E-state index contributed by atoms with van der Waals surface area (Å²) in [7, 11) is 4.02. The van der Waals surface area contributed by atoms with E-state index in [0.717, 1.165) is 24.2 Å². The molecule has 39 heavy (non-hydrogen) atoms. The summed E-state index contributed by atoms with van der Waals surface area (Å²) in [5.74, 6) is 0.235. The first-order valence-electron chi connectivity index (χ1n) is 12.6. The molecule has 2 aliphatic rings. The highest BCUT2D eigenvalue weighted by molar-refractivity contribution is 6.31. The van der Waals surface area contributed by atoms with Gasteiger partial charge in [-0.2, -0.15) is 0 Å². The van der Waals surface area contributed by atoms with Crippen molar-refractivity contribution in [2.75, 3.05) is 37.4 Å². The molecule has 0 saturated carbocycles. The van der Waals surface area contributed by atoms with E-state index in [0.29, 0.717) is 45.7 Å². The van der Waals surface area contributed by atoms with Crippen molar-refractivity contribution in [1.82, 2.24) is 4.90 Å². The van der Waals surface area contributed by atoms with Crippen LogP contribution >= 0.6 is 11.6 Å². The standard InChI is InChI=1S/C30H29ClN4O4/c1-19(36)35(14-4-13-34(2)3)23-9-7-22(8-10-23)32-29(20-5-12-26-27(17-20)39-16-15-38-26)28-24-11-6-21(31)18-25(24)33-30(28)37/h5-12,15-18,28H,4,13-14H2,1-3H3,(H,33,37). The second-order valence-electron chi connectivity index (χ2n) is 9.66. The summed E-state index contributed by atoms with van der Waals surface area (Å²) in [6.07, 6.45) is 3.78. The predicted octanol–water partition coefficient (Wildman–Crippen LogP) is 5.74. The Morgan fingerprint density at radius 2 is 1.72 bits per heavy atom. The monoisotopic (exact) mass is 544 g/mol. The number of halogens is 1. The van der Waals surface area contributed by atoms with E-state index in [1.807, 2.05) is 56.6 Å². The van der Waals surface area contributed by atoms with Crippen LogP contribution in [-0.2, 0) is 9.59 Å².